The first-order valence-corrected chi connectivity index (χ1v) is 10.9. The van der Waals surface area contributed by atoms with Crippen LogP contribution < -0.4 is 15.8 Å². The summed E-state index contributed by atoms with van der Waals surface area (Å²) in [7, 11) is 0. The average molecular weight is 438 g/mol. The molecule has 3 unspecified atom stereocenters. The number of ether oxygens (including phenoxy) is 2. The molecule has 1 saturated heterocycles. The van der Waals surface area contributed by atoms with E-state index in [1.165, 1.54) is 36.6 Å². The zero-order valence-corrected chi connectivity index (χ0v) is 17.3. The molecule has 0 aliphatic carbocycles. The summed E-state index contributed by atoms with van der Waals surface area (Å²) < 4.78 is 23.5. The fourth-order valence-corrected chi connectivity index (χ4v) is 5.34. The molecule has 3 N–H and O–H groups in total. The number of fused-ring (bicyclic) bond motifs is 1. The van der Waals surface area contributed by atoms with Gasteiger partial charge in [-0.3, -0.25) is 4.79 Å². The zero-order chi connectivity index (χ0) is 20.4. The highest BCUT2D eigenvalue weighted by Gasteiger charge is 2.47. The fourth-order valence-electron chi connectivity index (χ4n) is 3.34. The molecule has 0 aromatic carbocycles. The molecule has 4 rings (SSSR count). The van der Waals surface area contributed by atoms with Gasteiger partial charge < -0.3 is 20.5 Å². The van der Waals surface area contributed by atoms with Crippen LogP contribution in [-0.4, -0.2) is 46.4 Å². The number of thiazole rings is 1. The first-order valence-electron chi connectivity index (χ1n) is 9.06. The molecule has 4 heterocycles. The summed E-state index contributed by atoms with van der Waals surface area (Å²) in [6, 6.07) is 2.96. The van der Waals surface area contributed by atoms with Gasteiger partial charge in [-0.25, -0.2) is 19.4 Å². The third-order valence-corrected chi connectivity index (χ3v) is 6.70. The number of carbonyl (C=O) groups excluding carboxylic acids is 1. The van der Waals surface area contributed by atoms with Crippen LogP contribution in [0.4, 0.5) is 10.2 Å². The predicted octanol–water partition coefficient (Wildman–Crippen LogP) is 2.78. The quantitative estimate of drug-likeness (QED) is 0.740. The number of alkyl halides is 1. The Morgan fingerprint density at radius 2 is 2.38 bits per heavy atom. The van der Waals surface area contributed by atoms with Crippen LogP contribution in [0.25, 0.3) is 0 Å². The minimum Gasteiger partial charge on any atom is -0.459 e. The molecule has 0 bridgehead atoms. The highest BCUT2D eigenvalue weighted by molar-refractivity contribution is 8.13. The molecule has 1 fully saturated rings. The van der Waals surface area contributed by atoms with Crippen molar-refractivity contribution in [2.75, 3.05) is 24.3 Å². The van der Waals surface area contributed by atoms with Gasteiger partial charge in [-0.1, -0.05) is 11.8 Å². The Bertz CT molecular complexity index is 920. The van der Waals surface area contributed by atoms with E-state index in [2.05, 4.69) is 15.3 Å². The number of hydrogen-bond acceptors (Lipinski definition) is 9. The minimum atomic E-state index is -1.45. The lowest BCUT2D eigenvalue weighted by molar-refractivity contribution is 0.00448. The molecule has 154 valence electrons. The number of carbonyl (C=O) groups is 1. The Morgan fingerprint density at radius 3 is 3.14 bits per heavy atom. The van der Waals surface area contributed by atoms with Gasteiger partial charge in [0.15, 0.2) is 5.17 Å². The topological polar surface area (TPSA) is 112 Å². The van der Waals surface area contributed by atoms with Gasteiger partial charge >= 0.3 is 0 Å². The first kappa shape index (κ1) is 20.0. The Labute approximate surface area is 175 Å². The van der Waals surface area contributed by atoms with Gasteiger partial charge in [0.05, 0.1) is 12.8 Å². The number of aromatic nitrogens is 2. The Kier molecular flexibility index (Phi) is 5.70. The van der Waals surface area contributed by atoms with E-state index in [0.29, 0.717) is 24.2 Å². The fraction of sp³-hybridized carbons (Fsp3) is 0.444. The number of pyridine rings is 1. The normalized spacial score (nSPS) is 24.9. The number of anilines is 1. The van der Waals surface area contributed by atoms with Crippen molar-refractivity contribution in [2.24, 2.45) is 16.6 Å². The molecule has 2 aromatic rings. The maximum Gasteiger partial charge on any atom is 0.275 e. The highest BCUT2D eigenvalue weighted by atomic mass is 32.2. The second-order valence-corrected chi connectivity index (χ2v) is 8.65. The van der Waals surface area contributed by atoms with Crippen LogP contribution >= 0.6 is 23.1 Å². The molecule has 2 aromatic heterocycles. The number of nitrogens with one attached hydrogen (secondary N) is 1. The lowest BCUT2D eigenvalue weighted by atomic mass is 9.82. The first-order chi connectivity index (χ1) is 14.0. The summed E-state index contributed by atoms with van der Waals surface area (Å²) in [6.07, 6.45) is 0.741. The minimum absolute atomic E-state index is 0.173. The van der Waals surface area contributed by atoms with Crippen LogP contribution in [-0.2, 0) is 10.3 Å². The molecular weight excluding hydrogens is 417 g/mol. The number of hydrogen-bond donors (Lipinski definition) is 2. The second-order valence-electron chi connectivity index (χ2n) is 6.76. The zero-order valence-electron chi connectivity index (χ0n) is 15.6. The molecule has 0 saturated carbocycles. The highest BCUT2D eigenvalue weighted by Crippen LogP contribution is 2.45. The van der Waals surface area contributed by atoms with Crippen LogP contribution in [0.3, 0.4) is 0 Å². The van der Waals surface area contributed by atoms with Gasteiger partial charge in [-0.2, -0.15) is 0 Å². The second kappa shape index (κ2) is 8.25. The van der Waals surface area contributed by atoms with E-state index in [0.717, 1.165) is 17.2 Å². The molecule has 8 nitrogen and oxygen atoms in total. The molecule has 0 radical (unpaired) electrons. The van der Waals surface area contributed by atoms with Crippen molar-refractivity contribution in [2.45, 2.75) is 25.2 Å². The Morgan fingerprint density at radius 1 is 1.52 bits per heavy atom. The van der Waals surface area contributed by atoms with Crippen molar-refractivity contribution < 1.29 is 18.7 Å². The number of amides is 1. The molecule has 3 atom stereocenters. The third-order valence-electron chi connectivity index (χ3n) is 4.73. The van der Waals surface area contributed by atoms with E-state index >= 15 is 0 Å². The van der Waals surface area contributed by atoms with Crippen LogP contribution in [0.2, 0.25) is 0 Å². The van der Waals surface area contributed by atoms with Gasteiger partial charge in [-0.15, -0.1) is 11.3 Å². The van der Waals surface area contributed by atoms with Crippen molar-refractivity contribution in [1.29, 1.82) is 0 Å². The number of aliphatic imine (C=N–C) groups is 1. The molecule has 1 amide bonds. The SMILES string of the molecule is CC(F)Oc1ccc(C(=O)Nc2csc(C34COCCC3CSC(N)=N4)n2)nc1. The summed E-state index contributed by atoms with van der Waals surface area (Å²) in [5.41, 5.74) is 5.57. The van der Waals surface area contributed by atoms with Crippen LogP contribution in [0.5, 0.6) is 5.75 Å². The van der Waals surface area contributed by atoms with Crippen molar-refractivity contribution in [3.63, 3.8) is 0 Å². The molecule has 29 heavy (non-hydrogen) atoms. The maximum atomic E-state index is 12.9. The summed E-state index contributed by atoms with van der Waals surface area (Å²) in [6.45, 7) is 2.39. The summed E-state index contributed by atoms with van der Waals surface area (Å²) >= 11 is 2.97. The van der Waals surface area contributed by atoms with Crippen molar-refractivity contribution >= 4 is 40.0 Å². The Hall–Kier alpha value is -2.24. The van der Waals surface area contributed by atoms with Gasteiger partial charge in [0.25, 0.3) is 5.91 Å². The number of thioether (sulfide) groups is 1. The molecule has 0 spiro atoms. The van der Waals surface area contributed by atoms with Crippen LogP contribution in [0.15, 0.2) is 28.7 Å². The average Bonchev–Trinajstić information content (AvgIpc) is 3.17. The smallest absolute Gasteiger partial charge is 0.275 e. The lowest BCUT2D eigenvalue weighted by Gasteiger charge is -2.41. The van der Waals surface area contributed by atoms with Gasteiger partial charge in [-0.05, 0) is 18.6 Å². The number of amidine groups is 1. The predicted molar refractivity (Wildman–Crippen MR) is 110 cm³/mol. The number of halogens is 1. The summed E-state index contributed by atoms with van der Waals surface area (Å²) in [5, 5.41) is 5.81. The van der Waals surface area contributed by atoms with E-state index in [9.17, 15) is 9.18 Å². The van der Waals surface area contributed by atoms with Gasteiger partial charge in [0.2, 0.25) is 6.36 Å². The van der Waals surface area contributed by atoms with E-state index in [1.807, 2.05) is 0 Å². The van der Waals surface area contributed by atoms with E-state index in [4.69, 9.17) is 20.2 Å². The molecular formula is C18H20FN5O3S2. The molecule has 2 aliphatic rings. The van der Waals surface area contributed by atoms with Crippen LogP contribution in [0.1, 0.15) is 28.8 Å². The third kappa shape index (κ3) is 4.21. The van der Waals surface area contributed by atoms with Gasteiger partial charge in [0.1, 0.15) is 27.8 Å². The largest absolute Gasteiger partial charge is 0.459 e. The maximum absolute atomic E-state index is 12.9. The molecule has 11 heteroatoms. The van der Waals surface area contributed by atoms with E-state index < -0.39 is 17.8 Å². The van der Waals surface area contributed by atoms with E-state index in [-0.39, 0.29) is 17.4 Å². The van der Waals surface area contributed by atoms with Crippen molar-refractivity contribution in [3.8, 4) is 5.75 Å². The van der Waals surface area contributed by atoms with Crippen molar-refractivity contribution in [1.82, 2.24) is 9.97 Å². The molecule has 2 aliphatic heterocycles. The lowest BCUT2D eigenvalue weighted by Crippen LogP contribution is -2.47. The van der Waals surface area contributed by atoms with Crippen LogP contribution in [0, 0.1) is 5.92 Å². The van der Waals surface area contributed by atoms with Gasteiger partial charge in [0, 0.05) is 30.6 Å². The summed E-state index contributed by atoms with van der Waals surface area (Å²) in [5.74, 6) is 1.41. The number of rotatable bonds is 5. The number of nitrogens with zero attached hydrogens (tertiary/aromatic N) is 3. The van der Waals surface area contributed by atoms with E-state index in [1.54, 1.807) is 17.1 Å². The van der Waals surface area contributed by atoms with Crippen molar-refractivity contribution in [3.05, 3.63) is 34.4 Å². The Balaban J connectivity index is 1.50. The monoisotopic (exact) mass is 437 g/mol. The number of nitrogens with two attached hydrogens (primary N) is 1. The summed E-state index contributed by atoms with van der Waals surface area (Å²) in [4.78, 5) is 25.8. The standard InChI is InChI=1S/C18H20FN5O3S2/c1-10(19)27-12-2-3-13(21-6-12)15(25)22-14-8-28-16(23-14)18-9-26-5-4-11(18)7-29-17(20)24-18/h2-3,6,8,10-11H,4-5,7,9H2,1H3,(H2,20,24)(H,22,25).